The number of aromatic nitrogens is 8. The SMILES string of the molecule is Cc1nn(C)c2cc(C3=C(F)N=C(C4C5CC5c5nc(-c6cc(Cl)ccc6-n6cnnn6)cc(=O)n54)C3)ccc12. The van der Waals surface area contributed by atoms with Gasteiger partial charge in [0, 0.05) is 52.7 Å². The molecule has 0 spiro atoms. The molecule has 0 saturated heterocycles. The Hall–Kier alpha value is -4.51. The number of tetrazole rings is 1. The Labute approximate surface area is 231 Å². The summed E-state index contributed by atoms with van der Waals surface area (Å²) in [5.74, 6) is 0.490. The lowest BCUT2D eigenvalue weighted by Crippen LogP contribution is -2.30. The Morgan fingerprint density at radius 3 is 2.83 bits per heavy atom. The van der Waals surface area contributed by atoms with Gasteiger partial charge in [-0.2, -0.15) is 14.2 Å². The summed E-state index contributed by atoms with van der Waals surface area (Å²) in [6.07, 6.45) is 2.70. The summed E-state index contributed by atoms with van der Waals surface area (Å²) in [6, 6.07) is 12.3. The number of halogens is 2. The number of nitrogens with zero attached hydrogens (tertiary/aromatic N) is 9. The van der Waals surface area contributed by atoms with Crippen LogP contribution in [0.1, 0.15) is 41.9 Å². The molecule has 12 heteroatoms. The van der Waals surface area contributed by atoms with E-state index < -0.39 is 5.95 Å². The topological polar surface area (TPSA) is 109 Å². The fraction of sp³-hybridized carbons (Fsp3) is 0.250. The van der Waals surface area contributed by atoms with Crippen molar-refractivity contribution in [3.8, 4) is 16.9 Å². The summed E-state index contributed by atoms with van der Waals surface area (Å²) >= 11 is 6.32. The third-order valence-corrected chi connectivity index (χ3v) is 8.47. The van der Waals surface area contributed by atoms with Crippen LogP contribution in [0.2, 0.25) is 5.02 Å². The zero-order valence-corrected chi connectivity index (χ0v) is 22.2. The normalized spacial score (nSPS) is 21.2. The molecule has 0 amide bonds. The molecule has 10 nitrogen and oxygen atoms in total. The second kappa shape index (κ2) is 8.25. The molecule has 5 heterocycles. The van der Waals surface area contributed by atoms with Crippen molar-refractivity contribution in [1.82, 2.24) is 39.5 Å². The van der Waals surface area contributed by atoms with E-state index >= 15 is 4.39 Å². The van der Waals surface area contributed by atoms with Crippen molar-refractivity contribution in [3.05, 3.63) is 87.2 Å². The summed E-state index contributed by atoms with van der Waals surface area (Å²) in [7, 11) is 1.88. The predicted molar refractivity (Wildman–Crippen MR) is 147 cm³/mol. The highest BCUT2D eigenvalue weighted by molar-refractivity contribution is 6.31. The molecule has 8 rings (SSSR count). The first-order valence-electron chi connectivity index (χ1n) is 12.9. The molecule has 40 heavy (non-hydrogen) atoms. The largest absolute Gasteiger partial charge is 0.287 e. The maximum Gasteiger partial charge on any atom is 0.254 e. The summed E-state index contributed by atoms with van der Waals surface area (Å²) in [5, 5.41) is 17.4. The second-order valence-electron chi connectivity index (χ2n) is 10.6. The molecule has 1 aliphatic carbocycles. The molecule has 5 aromatic rings. The van der Waals surface area contributed by atoms with Gasteiger partial charge >= 0.3 is 0 Å². The molecule has 3 atom stereocenters. The summed E-state index contributed by atoms with van der Waals surface area (Å²) < 4.78 is 20.4. The van der Waals surface area contributed by atoms with E-state index in [1.54, 1.807) is 27.4 Å². The van der Waals surface area contributed by atoms with E-state index in [-0.39, 0.29) is 23.4 Å². The van der Waals surface area contributed by atoms with Crippen molar-refractivity contribution in [2.45, 2.75) is 31.7 Å². The molecule has 2 aromatic carbocycles. The molecule has 0 N–H and O–H groups in total. The molecule has 3 aliphatic rings. The molecule has 0 bridgehead atoms. The monoisotopic (exact) mass is 553 g/mol. The average Bonchev–Trinajstić information content (AvgIpc) is 3.26. The molecule has 3 aromatic heterocycles. The van der Waals surface area contributed by atoms with Gasteiger partial charge in [-0.25, -0.2) is 9.98 Å². The Morgan fingerprint density at radius 1 is 1.12 bits per heavy atom. The minimum atomic E-state index is -0.499. The standard InChI is InChI=1S/C28H21ClFN9O/c1-13-16-5-3-14(7-24(16)37(2)34-13)17-10-22(32-27(17)30)26-18-9-19(18)28-33-21(11-25(40)39(26)28)20-8-15(29)4-6-23(20)38-12-31-35-36-38/h3-8,11-12,18-19,26H,9-10H2,1-2H3. The van der Waals surface area contributed by atoms with Crippen molar-refractivity contribution in [2.75, 3.05) is 0 Å². The number of rotatable bonds is 4. The van der Waals surface area contributed by atoms with Crippen LogP contribution in [0.5, 0.6) is 0 Å². The van der Waals surface area contributed by atoms with E-state index in [1.807, 2.05) is 32.2 Å². The van der Waals surface area contributed by atoms with E-state index in [0.29, 0.717) is 45.5 Å². The van der Waals surface area contributed by atoms with Crippen LogP contribution in [0.4, 0.5) is 4.39 Å². The van der Waals surface area contributed by atoms with Crippen LogP contribution in [0, 0.1) is 12.8 Å². The van der Waals surface area contributed by atoms with Gasteiger partial charge in [0.25, 0.3) is 5.56 Å². The Kier molecular flexibility index (Phi) is 4.82. The van der Waals surface area contributed by atoms with E-state index in [4.69, 9.17) is 16.6 Å². The Bertz CT molecular complexity index is 2010. The van der Waals surface area contributed by atoms with Gasteiger partial charge < -0.3 is 0 Å². The van der Waals surface area contributed by atoms with E-state index in [2.05, 4.69) is 25.6 Å². The Morgan fingerprint density at radius 2 is 2.00 bits per heavy atom. The first-order valence-corrected chi connectivity index (χ1v) is 13.3. The average molecular weight is 554 g/mol. The van der Waals surface area contributed by atoms with Crippen molar-refractivity contribution in [3.63, 3.8) is 0 Å². The first kappa shape index (κ1) is 23.4. The third kappa shape index (κ3) is 3.37. The number of aryl methyl sites for hydroxylation is 2. The van der Waals surface area contributed by atoms with Crippen molar-refractivity contribution < 1.29 is 4.39 Å². The molecule has 198 valence electrons. The molecule has 0 radical (unpaired) electrons. The first-order chi connectivity index (χ1) is 19.4. The van der Waals surface area contributed by atoms with E-state index in [9.17, 15) is 4.79 Å². The molecular weight excluding hydrogens is 533 g/mol. The lowest BCUT2D eigenvalue weighted by atomic mass is 9.97. The fourth-order valence-electron chi connectivity index (χ4n) is 6.33. The van der Waals surface area contributed by atoms with Crippen LogP contribution in [-0.2, 0) is 7.05 Å². The number of benzene rings is 2. The van der Waals surface area contributed by atoms with Gasteiger partial charge in [-0.05, 0) is 59.5 Å². The maximum atomic E-state index is 15.3. The van der Waals surface area contributed by atoms with Crippen LogP contribution in [0.25, 0.3) is 33.4 Å². The number of hydrogen-bond donors (Lipinski definition) is 0. The Balaban J connectivity index is 1.16. The molecule has 1 fully saturated rings. The van der Waals surface area contributed by atoms with Crippen LogP contribution < -0.4 is 5.56 Å². The number of aliphatic imine (C=N–C) groups is 1. The number of allylic oxidation sites excluding steroid dienone is 1. The van der Waals surface area contributed by atoms with Crippen molar-refractivity contribution in [1.29, 1.82) is 0 Å². The number of fused-ring (bicyclic) bond motifs is 4. The zero-order valence-electron chi connectivity index (χ0n) is 21.5. The van der Waals surface area contributed by atoms with Gasteiger partial charge in [0.2, 0.25) is 5.95 Å². The maximum absolute atomic E-state index is 15.3. The van der Waals surface area contributed by atoms with E-state index in [1.165, 1.54) is 17.1 Å². The third-order valence-electron chi connectivity index (χ3n) is 8.24. The van der Waals surface area contributed by atoms with Gasteiger partial charge in [0.05, 0.1) is 28.6 Å². The quantitative estimate of drug-likeness (QED) is 0.301. The van der Waals surface area contributed by atoms with Crippen molar-refractivity contribution >= 4 is 33.8 Å². The fourth-order valence-corrected chi connectivity index (χ4v) is 6.50. The molecule has 2 aliphatic heterocycles. The second-order valence-corrected chi connectivity index (χ2v) is 11.0. The van der Waals surface area contributed by atoms with Crippen LogP contribution in [-0.4, -0.2) is 45.3 Å². The van der Waals surface area contributed by atoms with E-state index in [0.717, 1.165) is 28.6 Å². The zero-order chi connectivity index (χ0) is 27.3. The van der Waals surface area contributed by atoms with Crippen molar-refractivity contribution in [2.24, 2.45) is 18.0 Å². The minimum absolute atomic E-state index is 0.122. The highest BCUT2D eigenvalue weighted by Gasteiger charge is 2.56. The van der Waals surface area contributed by atoms with Gasteiger partial charge in [-0.15, -0.1) is 5.10 Å². The minimum Gasteiger partial charge on any atom is -0.287 e. The predicted octanol–water partition coefficient (Wildman–Crippen LogP) is 4.58. The molecule has 3 unspecified atom stereocenters. The van der Waals surface area contributed by atoms with Crippen LogP contribution in [0.3, 0.4) is 0 Å². The number of hydrogen-bond acceptors (Lipinski definition) is 7. The summed E-state index contributed by atoms with van der Waals surface area (Å²) in [5.41, 5.74) is 5.43. The van der Waals surface area contributed by atoms with Gasteiger partial charge in [0.1, 0.15) is 12.2 Å². The summed E-state index contributed by atoms with van der Waals surface area (Å²) in [6.45, 7) is 1.96. The van der Waals surface area contributed by atoms with Gasteiger partial charge in [-0.3, -0.25) is 14.0 Å². The highest BCUT2D eigenvalue weighted by Crippen LogP contribution is 2.60. The van der Waals surface area contributed by atoms with Crippen LogP contribution >= 0.6 is 11.6 Å². The summed E-state index contributed by atoms with van der Waals surface area (Å²) in [4.78, 5) is 22.9. The van der Waals surface area contributed by atoms with Crippen LogP contribution in [0.15, 0.2) is 64.5 Å². The molecule has 1 saturated carbocycles. The van der Waals surface area contributed by atoms with Gasteiger partial charge in [-0.1, -0.05) is 23.7 Å². The lowest BCUT2D eigenvalue weighted by Gasteiger charge is -2.19. The molecular formula is C28H21ClFN9O. The highest BCUT2D eigenvalue weighted by atomic mass is 35.5. The van der Waals surface area contributed by atoms with Gasteiger partial charge in [0.15, 0.2) is 0 Å². The lowest BCUT2D eigenvalue weighted by molar-refractivity contribution is 0.572. The smallest absolute Gasteiger partial charge is 0.254 e.